The zero-order chi connectivity index (χ0) is 7.72. The molecular formula is C5H6ClNO3. The summed E-state index contributed by atoms with van der Waals surface area (Å²) in [6, 6.07) is 0. The number of carbonyl (C=O) groups excluding carboxylic acids is 2. The SMILES string of the molecule is CC(=O)O[C@@H]1NC(=O)[C@@H]1Cl. The minimum atomic E-state index is -0.719. The van der Waals surface area contributed by atoms with Gasteiger partial charge in [-0.15, -0.1) is 11.6 Å². The number of ether oxygens (including phenoxy) is 1. The van der Waals surface area contributed by atoms with Crippen molar-refractivity contribution in [3.05, 3.63) is 0 Å². The molecule has 0 bridgehead atoms. The van der Waals surface area contributed by atoms with Crippen molar-refractivity contribution in [1.82, 2.24) is 5.32 Å². The maximum Gasteiger partial charge on any atom is 0.304 e. The smallest absolute Gasteiger partial charge is 0.304 e. The quantitative estimate of drug-likeness (QED) is 0.326. The molecule has 56 valence electrons. The molecule has 1 aliphatic rings. The van der Waals surface area contributed by atoms with Gasteiger partial charge < -0.3 is 10.1 Å². The molecule has 1 heterocycles. The van der Waals surface area contributed by atoms with Crippen LogP contribution in [-0.4, -0.2) is 23.5 Å². The third-order valence-corrected chi connectivity index (χ3v) is 1.52. The van der Waals surface area contributed by atoms with E-state index in [-0.39, 0.29) is 5.91 Å². The highest BCUT2D eigenvalue weighted by molar-refractivity contribution is 6.33. The van der Waals surface area contributed by atoms with Gasteiger partial charge in [0.25, 0.3) is 0 Å². The average Bonchev–Trinajstić information content (AvgIpc) is 1.86. The monoisotopic (exact) mass is 163 g/mol. The first kappa shape index (κ1) is 7.34. The van der Waals surface area contributed by atoms with Crippen LogP contribution in [0.2, 0.25) is 0 Å². The van der Waals surface area contributed by atoms with Crippen LogP contribution in [0, 0.1) is 0 Å². The van der Waals surface area contributed by atoms with Crippen molar-refractivity contribution in [2.45, 2.75) is 18.5 Å². The molecule has 1 fully saturated rings. The molecule has 2 atom stereocenters. The standard InChI is InChI=1S/C5H6ClNO3/c1-2(8)10-5-3(6)4(9)7-5/h3,5H,1H3,(H,7,9)/t3-,5-/m0/s1. The van der Waals surface area contributed by atoms with E-state index in [0.717, 1.165) is 0 Å². The first-order chi connectivity index (χ1) is 4.61. The number of rotatable bonds is 1. The number of nitrogens with one attached hydrogen (secondary N) is 1. The Morgan fingerprint density at radius 1 is 1.80 bits per heavy atom. The maximum atomic E-state index is 10.4. The highest BCUT2D eigenvalue weighted by Gasteiger charge is 2.40. The molecule has 1 rings (SSSR count). The minimum absolute atomic E-state index is 0.298. The number of esters is 1. The van der Waals surface area contributed by atoms with Crippen LogP contribution < -0.4 is 5.32 Å². The van der Waals surface area contributed by atoms with Gasteiger partial charge in [0.1, 0.15) is 0 Å². The highest BCUT2D eigenvalue weighted by atomic mass is 35.5. The lowest BCUT2D eigenvalue weighted by atomic mass is 10.2. The molecule has 1 N–H and O–H groups in total. The molecule has 0 saturated carbocycles. The largest absolute Gasteiger partial charge is 0.440 e. The Hall–Kier alpha value is -0.770. The van der Waals surface area contributed by atoms with Crippen molar-refractivity contribution in [3.63, 3.8) is 0 Å². The molecule has 4 nitrogen and oxygen atoms in total. The lowest BCUT2D eigenvalue weighted by Crippen LogP contribution is -2.61. The Morgan fingerprint density at radius 2 is 2.40 bits per heavy atom. The van der Waals surface area contributed by atoms with E-state index in [9.17, 15) is 9.59 Å². The molecule has 0 radical (unpaired) electrons. The topological polar surface area (TPSA) is 55.4 Å². The van der Waals surface area contributed by atoms with E-state index in [4.69, 9.17) is 11.6 Å². The van der Waals surface area contributed by atoms with Gasteiger partial charge >= 0.3 is 5.97 Å². The number of β-lactam (4-membered cyclic amide) rings is 1. The Balaban J connectivity index is 2.34. The first-order valence-electron chi connectivity index (χ1n) is 2.73. The van der Waals surface area contributed by atoms with Crippen molar-refractivity contribution in [3.8, 4) is 0 Å². The third-order valence-electron chi connectivity index (χ3n) is 1.09. The Bertz CT molecular complexity index is 182. The van der Waals surface area contributed by atoms with Crippen LogP contribution in [0.3, 0.4) is 0 Å². The van der Waals surface area contributed by atoms with Crippen LogP contribution in [0.15, 0.2) is 0 Å². The van der Waals surface area contributed by atoms with Gasteiger partial charge in [0, 0.05) is 6.92 Å². The van der Waals surface area contributed by atoms with Gasteiger partial charge in [-0.25, -0.2) is 0 Å². The molecular weight excluding hydrogens is 158 g/mol. The van der Waals surface area contributed by atoms with Crippen molar-refractivity contribution >= 4 is 23.5 Å². The summed E-state index contributed by atoms with van der Waals surface area (Å²) >= 11 is 5.42. The number of hydrogen-bond acceptors (Lipinski definition) is 3. The second-order valence-corrected chi connectivity index (χ2v) is 2.41. The molecule has 0 unspecified atom stereocenters. The van der Waals surface area contributed by atoms with Crippen LogP contribution in [0.4, 0.5) is 0 Å². The number of alkyl halides is 1. The van der Waals surface area contributed by atoms with Gasteiger partial charge in [0.2, 0.25) is 12.1 Å². The molecule has 0 aliphatic carbocycles. The summed E-state index contributed by atoms with van der Waals surface area (Å²) in [7, 11) is 0. The van der Waals surface area contributed by atoms with E-state index >= 15 is 0 Å². The molecule has 10 heavy (non-hydrogen) atoms. The molecule has 0 aromatic rings. The number of hydrogen-bond donors (Lipinski definition) is 1. The van der Waals surface area contributed by atoms with Crippen LogP contribution in [0.1, 0.15) is 6.92 Å². The zero-order valence-corrected chi connectivity index (χ0v) is 6.01. The summed E-state index contributed by atoms with van der Waals surface area (Å²) in [6.45, 7) is 1.26. The molecule has 5 heteroatoms. The fourth-order valence-electron chi connectivity index (χ4n) is 0.602. The zero-order valence-electron chi connectivity index (χ0n) is 5.26. The van der Waals surface area contributed by atoms with E-state index in [1.165, 1.54) is 6.92 Å². The normalized spacial score (nSPS) is 30.4. The van der Waals surface area contributed by atoms with E-state index in [1.54, 1.807) is 0 Å². The Labute approximate surface area is 62.5 Å². The van der Waals surface area contributed by atoms with Crippen LogP contribution >= 0.6 is 11.6 Å². The van der Waals surface area contributed by atoms with Crippen molar-refractivity contribution in [2.75, 3.05) is 0 Å². The highest BCUT2D eigenvalue weighted by Crippen LogP contribution is 2.13. The van der Waals surface area contributed by atoms with Crippen LogP contribution in [0.5, 0.6) is 0 Å². The number of halogens is 1. The lowest BCUT2D eigenvalue weighted by Gasteiger charge is -2.30. The second-order valence-electron chi connectivity index (χ2n) is 1.94. The molecule has 1 saturated heterocycles. The van der Waals surface area contributed by atoms with Gasteiger partial charge in [0.05, 0.1) is 0 Å². The summed E-state index contributed by atoms with van der Waals surface area (Å²) in [5.41, 5.74) is 0. The first-order valence-corrected chi connectivity index (χ1v) is 3.16. The maximum absolute atomic E-state index is 10.4. The fourth-order valence-corrected chi connectivity index (χ4v) is 0.780. The van der Waals surface area contributed by atoms with E-state index < -0.39 is 17.6 Å². The van der Waals surface area contributed by atoms with Crippen LogP contribution in [-0.2, 0) is 14.3 Å². The van der Waals surface area contributed by atoms with Gasteiger partial charge in [-0.2, -0.15) is 0 Å². The second kappa shape index (κ2) is 2.46. The van der Waals surface area contributed by atoms with Crippen molar-refractivity contribution in [1.29, 1.82) is 0 Å². The summed E-state index contributed by atoms with van der Waals surface area (Å²) in [5, 5.41) is 1.59. The summed E-state index contributed by atoms with van der Waals surface area (Å²) < 4.78 is 4.57. The minimum Gasteiger partial charge on any atom is -0.440 e. The van der Waals surface area contributed by atoms with E-state index in [0.29, 0.717) is 0 Å². The Kier molecular flexibility index (Phi) is 1.80. The summed E-state index contributed by atoms with van der Waals surface area (Å²) in [4.78, 5) is 20.7. The van der Waals surface area contributed by atoms with Gasteiger partial charge in [0.15, 0.2) is 5.38 Å². The number of amides is 1. The lowest BCUT2D eigenvalue weighted by molar-refractivity contribution is -0.157. The van der Waals surface area contributed by atoms with Crippen molar-refractivity contribution in [2.24, 2.45) is 0 Å². The number of carbonyl (C=O) groups is 2. The molecule has 0 aromatic heterocycles. The molecule has 1 aliphatic heterocycles. The summed E-state index contributed by atoms with van der Waals surface area (Å²) in [5.74, 6) is -0.747. The van der Waals surface area contributed by atoms with Crippen LogP contribution in [0.25, 0.3) is 0 Å². The molecule has 0 spiro atoms. The fraction of sp³-hybridized carbons (Fsp3) is 0.600. The third kappa shape index (κ3) is 1.21. The van der Waals surface area contributed by atoms with Gasteiger partial charge in [-0.1, -0.05) is 0 Å². The summed E-state index contributed by atoms with van der Waals surface area (Å²) in [6.07, 6.45) is -0.633. The predicted molar refractivity (Wildman–Crippen MR) is 33.3 cm³/mol. The van der Waals surface area contributed by atoms with Gasteiger partial charge in [-0.05, 0) is 0 Å². The van der Waals surface area contributed by atoms with E-state index in [2.05, 4.69) is 10.1 Å². The van der Waals surface area contributed by atoms with Crippen molar-refractivity contribution < 1.29 is 14.3 Å². The van der Waals surface area contributed by atoms with Gasteiger partial charge in [-0.3, -0.25) is 9.59 Å². The van der Waals surface area contributed by atoms with E-state index in [1.807, 2.05) is 0 Å². The Morgan fingerprint density at radius 3 is 2.70 bits per heavy atom. The average molecular weight is 164 g/mol. The molecule has 1 amide bonds. The molecule has 0 aromatic carbocycles. The predicted octanol–water partition coefficient (Wildman–Crippen LogP) is -0.387.